The standard InChI is InChI=1S/C11H11NO3/c1-15-11(14)6-9(7-12)8-2-4-10(13)5-3-8/h2-5,9,13H,6H2,1H3/t9-/m1/s1. The number of hydrogen-bond acceptors (Lipinski definition) is 4. The van der Waals surface area contributed by atoms with Crippen LogP contribution in [0.25, 0.3) is 0 Å². The number of phenols is 1. The lowest BCUT2D eigenvalue weighted by Crippen LogP contribution is -2.07. The molecule has 0 saturated carbocycles. The van der Waals surface area contributed by atoms with E-state index in [1.54, 1.807) is 12.1 Å². The molecule has 0 spiro atoms. The number of rotatable bonds is 3. The lowest BCUT2D eigenvalue weighted by Gasteiger charge is -2.07. The molecule has 0 unspecified atom stereocenters. The van der Waals surface area contributed by atoms with E-state index in [1.165, 1.54) is 19.2 Å². The Hall–Kier alpha value is -2.02. The van der Waals surface area contributed by atoms with Gasteiger partial charge in [0.15, 0.2) is 0 Å². The van der Waals surface area contributed by atoms with Crippen LogP contribution in [0.4, 0.5) is 0 Å². The lowest BCUT2D eigenvalue weighted by atomic mass is 9.97. The number of esters is 1. The second-order valence-corrected chi connectivity index (χ2v) is 3.05. The van der Waals surface area contributed by atoms with E-state index in [0.29, 0.717) is 5.56 Å². The summed E-state index contributed by atoms with van der Waals surface area (Å²) in [6, 6.07) is 8.22. The van der Waals surface area contributed by atoms with Crippen molar-refractivity contribution < 1.29 is 14.6 Å². The third-order valence-corrected chi connectivity index (χ3v) is 2.05. The van der Waals surface area contributed by atoms with Crippen LogP contribution in [0.15, 0.2) is 24.3 Å². The second-order valence-electron chi connectivity index (χ2n) is 3.05. The number of ether oxygens (including phenoxy) is 1. The summed E-state index contributed by atoms with van der Waals surface area (Å²) in [4.78, 5) is 11.0. The summed E-state index contributed by atoms with van der Waals surface area (Å²) in [6.45, 7) is 0. The van der Waals surface area contributed by atoms with E-state index in [-0.39, 0.29) is 12.2 Å². The Labute approximate surface area is 87.7 Å². The number of carbonyl (C=O) groups is 1. The zero-order valence-electron chi connectivity index (χ0n) is 8.30. The number of hydrogen-bond donors (Lipinski definition) is 1. The van der Waals surface area contributed by atoms with Crippen LogP contribution in [0.5, 0.6) is 5.75 Å². The fourth-order valence-electron chi connectivity index (χ4n) is 1.19. The van der Waals surface area contributed by atoms with Crippen molar-refractivity contribution in [3.63, 3.8) is 0 Å². The Morgan fingerprint density at radius 3 is 2.60 bits per heavy atom. The molecule has 0 radical (unpaired) electrons. The predicted octanol–water partition coefficient (Wildman–Crippen LogP) is 1.56. The normalized spacial score (nSPS) is 11.5. The van der Waals surface area contributed by atoms with Gasteiger partial charge in [0.1, 0.15) is 5.75 Å². The molecule has 0 fully saturated rings. The first kappa shape index (κ1) is 11.1. The van der Waals surface area contributed by atoms with Crippen molar-refractivity contribution in [2.24, 2.45) is 0 Å². The highest BCUT2D eigenvalue weighted by Crippen LogP contribution is 2.21. The number of aromatic hydroxyl groups is 1. The molecule has 78 valence electrons. The molecular weight excluding hydrogens is 194 g/mol. The molecule has 1 aromatic rings. The van der Waals surface area contributed by atoms with E-state index in [4.69, 9.17) is 10.4 Å². The van der Waals surface area contributed by atoms with E-state index in [9.17, 15) is 4.79 Å². The van der Waals surface area contributed by atoms with Crippen molar-refractivity contribution in [2.45, 2.75) is 12.3 Å². The number of nitriles is 1. The Kier molecular flexibility index (Phi) is 3.69. The Balaban J connectivity index is 2.80. The van der Waals surface area contributed by atoms with Crippen molar-refractivity contribution in [3.05, 3.63) is 29.8 Å². The summed E-state index contributed by atoms with van der Waals surface area (Å²) >= 11 is 0. The molecule has 1 atom stereocenters. The average Bonchev–Trinajstić information content (AvgIpc) is 2.27. The van der Waals surface area contributed by atoms with Gasteiger partial charge in [-0.25, -0.2) is 0 Å². The molecule has 0 aliphatic rings. The maximum absolute atomic E-state index is 11.0. The average molecular weight is 205 g/mol. The monoisotopic (exact) mass is 205 g/mol. The van der Waals surface area contributed by atoms with Crippen LogP contribution < -0.4 is 0 Å². The van der Waals surface area contributed by atoms with Gasteiger partial charge < -0.3 is 9.84 Å². The lowest BCUT2D eigenvalue weighted by molar-refractivity contribution is -0.140. The summed E-state index contributed by atoms with van der Waals surface area (Å²) in [5.74, 6) is -0.818. The quantitative estimate of drug-likeness (QED) is 0.760. The smallest absolute Gasteiger partial charge is 0.307 e. The molecule has 4 nitrogen and oxygen atoms in total. The fraction of sp³-hybridized carbons (Fsp3) is 0.273. The van der Waals surface area contributed by atoms with E-state index in [1.807, 2.05) is 6.07 Å². The van der Waals surface area contributed by atoms with Gasteiger partial charge in [-0.05, 0) is 17.7 Å². The van der Waals surface area contributed by atoms with Gasteiger partial charge in [0.25, 0.3) is 0 Å². The molecule has 4 heteroatoms. The molecule has 0 aromatic heterocycles. The minimum atomic E-state index is -0.530. The molecule has 0 aliphatic heterocycles. The molecule has 0 bridgehead atoms. The summed E-state index contributed by atoms with van der Waals surface area (Å²) in [6.07, 6.45) is 0.0256. The van der Waals surface area contributed by atoms with Crippen LogP contribution in [-0.2, 0) is 9.53 Å². The SMILES string of the molecule is COC(=O)C[C@H](C#N)c1ccc(O)cc1. The minimum absolute atomic E-state index is 0.0256. The van der Waals surface area contributed by atoms with Crippen LogP contribution in [0.1, 0.15) is 17.9 Å². The summed E-state index contributed by atoms with van der Waals surface area (Å²) in [5, 5.41) is 17.9. The second kappa shape index (κ2) is 5.01. The number of nitrogens with zero attached hydrogens (tertiary/aromatic N) is 1. The van der Waals surface area contributed by atoms with Crippen molar-refractivity contribution in [1.82, 2.24) is 0 Å². The molecular formula is C11H11NO3. The number of phenolic OH excluding ortho intramolecular Hbond substituents is 1. The van der Waals surface area contributed by atoms with Crippen LogP contribution in [0.2, 0.25) is 0 Å². The van der Waals surface area contributed by atoms with Crippen molar-refractivity contribution in [1.29, 1.82) is 5.26 Å². The molecule has 15 heavy (non-hydrogen) atoms. The summed E-state index contributed by atoms with van der Waals surface area (Å²) in [7, 11) is 1.29. The predicted molar refractivity (Wildman–Crippen MR) is 53.1 cm³/mol. The van der Waals surface area contributed by atoms with Gasteiger partial charge in [-0.1, -0.05) is 12.1 Å². The molecule has 1 N–H and O–H groups in total. The first-order valence-electron chi connectivity index (χ1n) is 4.42. The van der Waals surface area contributed by atoms with Gasteiger partial charge in [0.2, 0.25) is 0 Å². The van der Waals surface area contributed by atoms with Crippen molar-refractivity contribution in [3.8, 4) is 11.8 Å². The van der Waals surface area contributed by atoms with Gasteiger partial charge in [-0.3, -0.25) is 4.79 Å². The van der Waals surface area contributed by atoms with Crippen LogP contribution >= 0.6 is 0 Å². The number of benzene rings is 1. The van der Waals surface area contributed by atoms with E-state index in [0.717, 1.165) is 0 Å². The fourth-order valence-corrected chi connectivity index (χ4v) is 1.19. The number of methoxy groups -OCH3 is 1. The highest BCUT2D eigenvalue weighted by Gasteiger charge is 2.15. The molecule has 0 aliphatic carbocycles. The van der Waals surface area contributed by atoms with Crippen LogP contribution in [0.3, 0.4) is 0 Å². The molecule has 1 rings (SSSR count). The maximum Gasteiger partial charge on any atom is 0.307 e. The Morgan fingerprint density at radius 2 is 2.13 bits per heavy atom. The molecule has 0 heterocycles. The van der Waals surface area contributed by atoms with E-state index >= 15 is 0 Å². The largest absolute Gasteiger partial charge is 0.508 e. The third kappa shape index (κ3) is 2.99. The topological polar surface area (TPSA) is 70.3 Å². The van der Waals surface area contributed by atoms with Gasteiger partial charge >= 0.3 is 5.97 Å². The van der Waals surface area contributed by atoms with E-state index < -0.39 is 11.9 Å². The van der Waals surface area contributed by atoms with Crippen LogP contribution in [0, 0.1) is 11.3 Å². The first-order valence-corrected chi connectivity index (χ1v) is 4.42. The van der Waals surface area contributed by atoms with Gasteiger partial charge in [-0.15, -0.1) is 0 Å². The molecule has 1 aromatic carbocycles. The van der Waals surface area contributed by atoms with Gasteiger partial charge in [0, 0.05) is 0 Å². The third-order valence-electron chi connectivity index (χ3n) is 2.05. The zero-order chi connectivity index (χ0) is 11.3. The summed E-state index contributed by atoms with van der Waals surface area (Å²) in [5.41, 5.74) is 0.695. The molecule has 0 amide bonds. The van der Waals surface area contributed by atoms with Crippen molar-refractivity contribution in [2.75, 3.05) is 7.11 Å². The van der Waals surface area contributed by atoms with E-state index in [2.05, 4.69) is 4.74 Å². The number of carbonyl (C=O) groups excluding carboxylic acids is 1. The molecule has 0 saturated heterocycles. The summed E-state index contributed by atoms with van der Waals surface area (Å²) < 4.78 is 4.49. The first-order chi connectivity index (χ1) is 7.17. The minimum Gasteiger partial charge on any atom is -0.508 e. The Bertz CT molecular complexity index is 378. The van der Waals surface area contributed by atoms with Crippen molar-refractivity contribution >= 4 is 5.97 Å². The van der Waals surface area contributed by atoms with Gasteiger partial charge in [-0.2, -0.15) is 5.26 Å². The highest BCUT2D eigenvalue weighted by molar-refractivity contribution is 5.71. The maximum atomic E-state index is 11.0. The highest BCUT2D eigenvalue weighted by atomic mass is 16.5. The zero-order valence-corrected chi connectivity index (χ0v) is 8.30. The van der Waals surface area contributed by atoms with Crippen LogP contribution in [-0.4, -0.2) is 18.2 Å². The Morgan fingerprint density at radius 1 is 1.53 bits per heavy atom. The van der Waals surface area contributed by atoms with Gasteiger partial charge in [0.05, 0.1) is 25.5 Å².